The number of benzene rings is 1. The van der Waals surface area contributed by atoms with Crippen LogP contribution in [0.3, 0.4) is 0 Å². The van der Waals surface area contributed by atoms with E-state index in [9.17, 15) is 14.4 Å². The number of anilines is 1. The molecule has 1 aromatic carbocycles. The molecule has 1 N–H and O–H groups in total. The molecule has 1 aromatic rings. The van der Waals surface area contributed by atoms with Crippen LogP contribution in [0.2, 0.25) is 0 Å². The van der Waals surface area contributed by atoms with Crippen molar-refractivity contribution in [2.75, 3.05) is 25.0 Å². The van der Waals surface area contributed by atoms with Crippen LogP contribution in [0, 0.1) is 12.8 Å². The van der Waals surface area contributed by atoms with Gasteiger partial charge in [-0.25, -0.2) is 0 Å². The highest BCUT2D eigenvalue weighted by molar-refractivity contribution is 6.00. The number of carbonyl (C=O) groups excluding carboxylic acids is 2. The van der Waals surface area contributed by atoms with Crippen molar-refractivity contribution in [1.29, 1.82) is 0 Å². The summed E-state index contributed by atoms with van der Waals surface area (Å²) in [6.07, 6.45) is 0.0781. The minimum Gasteiger partial charge on any atom is -0.481 e. The van der Waals surface area contributed by atoms with E-state index in [0.29, 0.717) is 6.54 Å². The molecular formula is C16H20N2O4. The van der Waals surface area contributed by atoms with Gasteiger partial charge in [0.05, 0.1) is 12.3 Å². The Kier molecular flexibility index (Phi) is 4.80. The van der Waals surface area contributed by atoms with Gasteiger partial charge in [0.25, 0.3) is 0 Å². The van der Waals surface area contributed by atoms with E-state index in [4.69, 9.17) is 5.11 Å². The molecule has 118 valence electrons. The fraction of sp³-hybridized carbons (Fsp3) is 0.438. The number of aryl methyl sites for hydroxylation is 1. The van der Waals surface area contributed by atoms with E-state index in [2.05, 4.69) is 0 Å². The normalized spacial score (nSPS) is 17.6. The first-order valence-electron chi connectivity index (χ1n) is 7.22. The molecule has 2 amide bonds. The topological polar surface area (TPSA) is 77.9 Å². The predicted octanol–water partition coefficient (Wildman–Crippen LogP) is 1.28. The number of carboxylic acids is 1. The summed E-state index contributed by atoms with van der Waals surface area (Å²) in [7, 11) is 1.57. The number of hydrogen-bond acceptors (Lipinski definition) is 3. The van der Waals surface area contributed by atoms with Gasteiger partial charge in [0.2, 0.25) is 11.8 Å². The summed E-state index contributed by atoms with van der Waals surface area (Å²) in [5, 5.41) is 8.66. The van der Waals surface area contributed by atoms with Crippen molar-refractivity contribution < 1.29 is 19.5 Å². The number of nitrogens with zero attached hydrogens (tertiary/aromatic N) is 2. The van der Waals surface area contributed by atoms with Crippen LogP contribution in [0.15, 0.2) is 24.3 Å². The third-order valence-electron chi connectivity index (χ3n) is 3.86. The Bertz CT molecular complexity index is 582. The zero-order valence-corrected chi connectivity index (χ0v) is 12.8. The molecule has 1 atom stereocenters. The van der Waals surface area contributed by atoms with E-state index in [1.54, 1.807) is 11.9 Å². The second kappa shape index (κ2) is 6.60. The number of carbonyl (C=O) groups is 3. The second-order valence-corrected chi connectivity index (χ2v) is 5.64. The Morgan fingerprint density at radius 3 is 2.55 bits per heavy atom. The molecule has 6 heteroatoms. The molecule has 0 radical (unpaired) electrons. The SMILES string of the molecule is Cc1ccc(N2CC(C(=O)N(C)CCC(=O)O)CC2=O)cc1. The van der Waals surface area contributed by atoms with Crippen molar-refractivity contribution in [3.63, 3.8) is 0 Å². The van der Waals surface area contributed by atoms with Crippen molar-refractivity contribution in [1.82, 2.24) is 4.90 Å². The molecule has 0 aliphatic carbocycles. The van der Waals surface area contributed by atoms with E-state index in [0.717, 1.165) is 11.3 Å². The van der Waals surface area contributed by atoms with Crippen LogP contribution in [0.5, 0.6) is 0 Å². The van der Waals surface area contributed by atoms with Crippen molar-refractivity contribution in [3.05, 3.63) is 29.8 Å². The first-order valence-corrected chi connectivity index (χ1v) is 7.22. The molecule has 2 rings (SSSR count). The fourth-order valence-corrected chi connectivity index (χ4v) is 2.53. The zero-order chi connectivity index (χ0) is 16.3. The monoisotopic (exact) mass is 304 g/mol. The van der Waals surface area contributed by atoms with Crippen molar-refractivity contribution in [2.24, 2.45) is 5.92 Å². The van der Waals surface area contributed by atoms with Crippen LogP contribution in [0.4, 0.5) is 5.69 Å². The summed E-state index contributed by atoms with van der Waals surface area (Å²) >= 11 is 0. The van der Waals surface area contributed by atoms with Crippen LogP contribution in [0.25, 0.3) is 0 Å². The largest absolute Gasteiger partial charge is 0.481 e. The number of hydrogen-bond donors (Lipinski definition) is 1. The second-order valence-electron chi connectivity index (χ2n) is 5.64. The molecule has 1 heterocycles. The third-order valence-corrected chi connectivity index (χ3v) is 3.86. The molecule has 1 fully saturated rings. The van der Waals surface area contributed by atoms with Gasteiger partial charge in [0.1, 0.15) is 0 Å². The zero-order valence-electron chi connectivity index (χ0n) is 12.8. The Balaban J connectivity index is 2.00. The summed E-state index contributed by atoms with van der Waals surface area (Å²) in [6.45, 7) is 2.47. The summed E-state index contributed by atoms with van der Waals surface area (Å²) in [4.78, 5) is 38.0. The molecule has 1 unspecified atom stereocenters. The molecule has 1 aliphatic rings. The first-order chi connectivity index (χ1) is 10.4. The standard InChI is InChI=1S/C16H20N2O4/c1-11-3-5-13(6-4-11)18-10-12(9-14(18)19)16(22)17(2)8-7-15(20)21/h3-6,12H,7-10H2,1-2H3,(H,20,21). The third kappa shape index (κ3) is 3.63. The van der Waals surface area contributed by atoms with Gasteiger partial charge in [-0.2, -0.15) is 0 Å². The van der Waals surface area contributed by atoms with Crippen LogP contribution in [0.1, 0.15) is 18.4 Å². The number of amides is 2. The highest BCUT2D eigenvalue weighted by Gasteiger charge is 2.36. The smallest absolute Gasteiger partial charge is 0.305 e. The lowest BCUT2D eigenvalue weighted by Crippen LogP contribution is -2.36. The van der Waals surface area contributed by atoms with Gasteiger partial charge < -0.3 is 14.9 Å². The van der Waals surface area contributed by atoms with Crippen molar-refractivity contribution >= 4 is 23.5 Å². The highest BCUT2D eigenvalue weighted by atomic mass is 16.4. The lowest BCUT2D eigenvalue weighted by Gasteiger charge is -2.21. The van der Waals surface area contributed by atoms with Gasteiger partial charge in [0.15, 0.2) is 0 Å². The van der Waals surface area contributed by atoms with E-state index in [1.165, 1.54) is 4.90 Å². The molecule has 0 saturated carbocycles. The molecule has 22 heavy (non-hydrogen) atoms. The van der Waals surface area contributed by atoms with Gasteiger partial charge in [-0.05, 0) is 19.1 Å². The maximum absolute atomic E-state index is 12.3. The lowest BCUT2D eigenvalue weighted by atomic mass is 10.1. The molecule has 1 saturated heterocycles. The summed E-state index contributed by atoms with van der Waals surface area (Å²) < 4.78 is 0. The van der Waals surface area contributed by atoms with Gasteiger partial charge in [-0.15, -0.1) is 0 Å². The average Bonchev–Trinajstić information content (AvgIpc) is 2.86. The van der Waals surface area contributed by atoms with Gasteiger partial charge in [-0.3, -0.25) is 14.4 Å². The Labute approximate surface area is 129 Å². The minimum atomic E-state index is -0.941. The molecular weight excluding hydrogens is 284 g/mol. The molecule has 0 spiro atoms. The van der Waals surface area contributed by atoms with Crippen molar-refractivity contribution in [3.8, 4) is 0 Å². The van der Waals surface area contributed by atoms with Crippen LogP contribution < -0.4 is 4.90 Å². The maximum atomic E-state index is 12.3. The Hall–Kier alpha value is -2.37. The summed E-state index contributed by atoms with van der Waals surface area (Å²) in [5.41, 5.74) is 1.90. The number of carboxylic acid groups (broad SMARTS) is 1. The fourth-order valence-electron chi connectivity index (χ4n) is 2.53. The predicted molar refractivity (Wildman–Crippen MR) is 81.5 cm³/mol. The quantitative estimate of drug-likeness (QED) is 0.889. The molecule has 6 nitrogen and oxygen atoms in total. The van der Waals surface area contributed by atoms with Crippen LogP contribution in [-0.2, 0) is 14.4 Å². The number of aliphatic carboxylic acids is 1. The Morgan fingerprint density at radius 1 is 1.32 bits per heavy atom. The molecule has 0 bridgehead atoms. The summed E-state index contributed by atoms with van der Waals surface area (Å²) in [6, 6.07) is 7.59. The van der Waals surface area contributed by atoms with E-state index >= 15 is 0 Å². The maximum Gasteiger partial charge on any atom is 0.305 e. The molecule has 0 aromatic heterocycles. The van der Waals surface area contributed by atoms with Gasteiger partial charge in [-0.1, -0.05) is 17.7 Å². The number of rotatable bonds is 5. The highest BCUT2D eigenvalue weighted by Crippen LogP contribution is 2.26. The average molecular weight is 304 g/mol. The minimum absolute atomic E-state index is 0.0752. The summed E-state index contributed by atoms with van der Waals surface area (Å²) in [5.74, 6) is -1.60. The van der Waals surface area contributed by atoms with Gasteiger partial charge in [0, 0.05) is 32.2 Å². The lowest BCUT2D eigenvalue weighted by molar-refractivity contribution is -0.139. The van der Waals surface area contributed by atoms with E-state index in [-0.39, 0.29) is 31.2 Å². The van der Waals surface area contributed by atoms with Crippen LogP contribution in [-0.4, -0.2) is 47.9 Å². The van der Waals surface area contributed by atoms with E-state index in [1.807, 2.05) is 31.2 Å². The van der Waals surface area contributed by atoms with Gasteiger partial charge >= 0.3 is 5.97 Å². The first kappa shape index (κ1) is 16.0. The Morgan fingerprint density at radius 2 is 1.95 bits per heavy atom. The van der Waals surface area contributed by atoms with Crippen molar-refractivity contribution in [2.45, 2.75) is 19.8 Å². The molecule has 1 aliphatic heterocycles. The van der Waals surface area contributed by atoms with E-state index < -0.39 is 11.9 Å². The van der Waals surface area contributed by atoms with Crippen LogP contribution >= 0.6 is 0 Å².